The first-order chi connectivity index (χ1) is 22.5. The molecule has 1 amide bonds. The van der Waals surface area contributed by atoms with E-state index in [9.17, 15) is 19.4 Å². The molecule has 0 spiro atoms. The van der Waals surface area contributed by atoms with Crippen LogP contribution in [0.2, 0.25) is 0 Å². The molecule has 0 aliphatic rings. The average Bonchev–Trinajstić information content (AvgIpc) is 3.01. The van der Waals surface area contributed by atoms with Crippen LogP contribution in [0.4, 0.5) is 0 Å². The highest BCUT2D eigenvalue weighted by Gasteiger charge is 2.23. The van der Waals surface area contributed by atoms with Crippen molar-refractivity contribution >= 4 is 13.7 Å². The monoisotopic (exact) mass is 683 g/mol. The number of carbonyl (C=O) groups excluding carboxylic acids is 1. The largest absolute Gasteiger partial charge is 0.756 e. The molecule has 0 rings (SSSR count). The number of amides is 1. The highest BCUT2D eigenvalue weighted by atomic mass is 31.2. The van der Waals surface area contributed by atoms with Gasteiger partial charge in [0.1, 0.15) is 13.2 Å². The Kier molecular flexibility index (Phi) is 29.5. The second-order valence-electron chi connectivity index (χ2n) is 13.6. The molecule has 0 saturated heterocycles. The van der Waals surface area contributed by atoms with E-state index in [1.165, 1.54) is 51.4 Å². The highest BCUT2D eigenvalue weighted by molar-refractivity contribution is 7.45. The number of aliphatic hydroxyl groups excluding tert-OH is 1. The summed E-state index contributed by atoms with van der Waals surface area (Å²) in [6, 6.07) is -0.907. The zero-order chi connectivity index (χ0) is 35.1. The van der Waals surface area contributed by atoms with Crippen molar-refractivity contribution < 1.29 is 32.9 Å². The molecule has 0 aromatic heterocycles. The lowest BCUT2D eigenvalue weighted by Crippen LogP contribution is -2.45. The van der Waals surface area contributed by atoms with Crippen LogP contribution >= 0.6 is 7.82 Å². The summed E-state index contributed by atoms with van der Waals surface area (Å²) >= 11 is 0. The minimum absolute atomic E-state index is 0.0113. The zero-order valence-electron chi connectivity index (χ0n) is 30.7. The van der Waals surface area contributed by atoms with Crippen molar-refractivity contribution in [3.8, 4) is 0 Å². The van der Waals surface area contributed by atoms with E-state index >= 15 is 0 Å². The Bertz CT molecular complexity index is 912. The van der Waals surface area contributed by atoms with Gasteiger partial charge in [-0.05, 0) is 64.2 Å². The van der Waals surface area contributed by atoms with E-state index in [1.54, 1.807) is 6.08 Å². The van der Waals surface area contributed by atoms with Gasteiger partial charge < -0.3 is 28.8 Å². The number of hydrogen-bond acceptors (Lipinski definition) is 6. The van der Waals surface area contributed by atoms with Crippen LogP contribution in [0.3, 0.4) is 0 Å². The van der Waals surface area contributed by atoms with Crippen molar-refractivity contribution in [3.05, 3.63) is 48.6 Å². The Hall–Kier alpha value is -1.54. The number of nitrogens with one attached hydrogen (secondary N) is 1. The SMILES string of the molecule is CCCCC/C=C/CC/C=C/C(O)C(COP(=O)([O-])OCC[N+](C)(C)C)NC(=O)CCCCCCC/C=C\C/C=C\CCCCCC. The Labute approximate surface area is 289 Å². The molecule has 47 heavy (non-hydrogen) atoms. The summed E-state index contributed by atoms with van der Waals surface area (Å²) in [5.41, 5.74) is 0. The molecule has 0 heterocycles. The first-order valence-electron chi connectivity index (χ1n) is 18.5. The normalized spacial score (nSPS) is 15.3. The van der Waals surface area contributed by atoms with Crippen LogP contribution < -0.4 is 10.2 Å². The molecule has 0 aliphatic carbocycles. The Balaban J connectivity index is 4.56. The first-order valence-corrected chi connectivity index (χ1v) is 20.0. The molecule has 8 nitrogen and oxygen atoms in total. The van der Waals surface area contributed by atoms with E-state index in [1.807, 2.05) is 27.2 Å². The molecular weight excluding hydrogens is 611 g/mol. The van der Waals surface area contributed by atoms with Gasteiger partial charge in [-0.15, -0.1) is 0 Å². The van der Waals surface area contributed by atoms with Crippen LogP contribution in [0.5, 0.6) is 0 Å². The number of allylic oxidation sites excluding steroid dienone is 7. The van der Waals surface area contributed by atoms with Crippen molar-refractivity contribution in [1.82, 2.24) is 5.32 Å². The minimum atomic E-state index is -4.59. The number of carbonyl (C=O) groups is 1. The average molecular weight is 683 g/mol. The minimum Gasteiger partial charge on any atom is -0.756 e. The fourth-order valence-corrected chi connectivity index (χ4v) is 5.45. The smallest absolute Gasteiger partial charge is 0.268 e. The third-order valence-corrected chi connectivity index (χ3v) is 8.73. The second-order valence-corrected chi connectivity index (χ2v) is 15.0. The summed E-state index contributed by atoms with van der Waals surface area (Å²) in [6.07, 6.45) is 35.9. The molecule has 0 aromatic carbocycles. The second kappa shape index (κ2) is 30.5. The molecule has 3 atom stereocenters. The van der Waals surface area contributed by atoms with Crippen LogP contribution in [-0.2, 0) is 18.4 Å². The van der Waals surface area contributed by atoms with Crippen molar-refractivity contribution in [2.45, 2.75) is 148 Å². The lowest BCUT2D eigenvalue weighted by atomic mass is 10.1. The maximum Gasteiger partial charge on any atom is 0.268 e. The van der Waals surface area contributed by atoms with E-state index < -0.39 is 26.6 Å². The molecule has 0 radical (unpaired) electrons. The highest BCUT2D eigenvalue weighted by Crippen LogP contribution is 2.38. The van der Waals surface area contributed by atoms with Crippen molar-refractivity contribution in [2.75, 3.05) is 40.9 Å². The molecule has 2 N–H and O–H groups in total. The number of aliphatic hydroxyl groups is 1. The van der Waals surface area contributed by atoms with Crippen LogP contribution in [-0.4, -0.2) is 68.5 Å². The molecule has 3 unspecified atom stereocenters. The lowest BCUT2D eigenvalue weighted by molar-refractivity contribution is -0.870. The van der Waals surface area contributed by atoms with Gasteiger partial charge in [0, 0.05) is 6.42 Å². The quantitative estimate of drug-likeness (QED) is 0.0318. The number of nitrogens with zero attached hydrogens (tertiary/aromatic N) is 1. The Morgan fingerprint density at radius 1 is 0.745 bits per heavy atom. The predicted molar refractivity (Wildman–Crippen MR) is 196 cm³/mol. The number of likely N-dealkylation sites (N-methyl/N-ethyl adjacent to an activating group) is 1. The number of quaternary nitrogens is 1. The van der Waals surface area contributed by atoms with Gasteiger partial charge in [-0.3, -0.25) is 9.36 Å². The molecule has 0 bridgehead atoms. The number of hydrogen-bond donors (Lipinski definition) is 2. The van der Waals surface area contributed by atoms with E-state index in [0.29, 0.717) is 17.4 Å². The van der Waals surface area contributed by atoms with Gasteiger partial charge in [0.25, 0.3) is 7.82 Å². The van der Waals surface area contributed by atoms with Crippen molar-refractivity contribution in [1.29, 1.82) is 0 Å². The van der Waals surface area contributed by atoms with Gasteiger partial charge >= 0.3 is 0 Å². The van der Waals surface area contributed by atoms with Gasteiger partial charge in [-0.2, -0.15) is 0 Å². The number of phosphoric acid groups is 1. The molecule has 0 aliphatic heterocycles. The van der Waals surface area contributed by atoms with Crippen LogP contribution in [0.25, 0.3) is 0 Å². The molecule has 0 fully saturated rings. The third kappa shape index (κ3) is 32.8. The molecule has 0 saturated carbocycles. The predicted octanol–water partition coefficient (Wildman–Crippen LogP) is 8.72. The molecular formula is C38H71N2O6P. The van der Waals surface area contributed by atoms with E-state index in [2.05, 4.69) is 55.6 Å². The maximum atomic E-state index is 12.7. The van der Waals surface area contributed by atoms with E-state index in [0.717, 1.165) is 64.2 Å². The van der Waals surface area contributed by atoms with Crippen LogP contribution in [0, 0.1) is 0 Å². The van der Waals surface area contributed by atoms with E-state index in [-0.39, 0.29) is 12.5 Å². The van der Waals surface area contributed by atoms with Crippen molar-refractivity contribution in [2.24, 2.45) is 0 Å². The van der Waals surface area contributed by atoms with Gasteiger partial charge in [-0.1, -0.05) is 114 Å². The summed E-state index contributed by atoms with van der Waals surface area (Å²) in [7, 11) is 1.22. The van der Waals surface area contributed by atoms with Gasteiger partial charge in [0.2, 0.25) is 5.91 Å². The van der Waals surface area contributed by atoms with Crippen molar-refractivity contribution in [3.63, 3.8) is 0 Å². The standard InChI is InChI=1S/C38H71N2O6P/c1-6-8-10-12-14-16-17-18-19-20-21-22-24-26-28-30-32-38(42)39-36(35-46-47(43,44)45-34-33-40(3,4)5)37(41)31-29-27-25-23-15-13-11-9-7-2/h15-17,19-20,23,29,31,36-37,41H,6-14,18,21-22,24-28,30,32-35H2,1-5H3,(H-,39,42,43,44)/b17-16-,20-19-,23-15+,31-29+. The summed E-state index contributed by atoms with van der Waals surface area (Å²) in [5, 5.41) is 13.6. The molecule has 0 aromatic rings. The fourth-order valence-electron chi connectivity index (χ4n) is 4.72. The lowest BCUT2D eigenvalue weighted by Gasteiger charge is -2.29. The first kappa shape index (κ1) is 45.5. The van der Waals surface area contributed by atoms with E-state index in [4.69, 9.17) is 9.05 Å². The Morgan fingerprint density at radius 2 is 1.26 bits per heavy atom. The molecule has 274 valence electrons. The molecule has 9 heteroatoms. The number of unbranched alkanes of at least 4 members (excludes halogenated alkanes) is 13. The fraction of sp³-hybridized carbons (Fsp3) is 0.763. The maximum absolute atomic E-state index is 12.7. The topological polar surface area (TPSA) is 108 Å². The van der Waals surface area contributed by atoms with Crippen LogP contribution in [0.15, 0.2) is 48.6 Å². The third-order valence-electron chi connectivity index (χ3n) is 7.76. The van der Waals surface area contributed by atoms with Crippen LogP contribution in [0.1, 0.15) is 136 Å². The zero-order valence-corrected chi connectivity index (χ0v) is 31.6. The summed E-state index contributed by atoms with van der Waals surface area (Å²) < 4.78 is 23.0. The summed E-state index contributed by atoms with van der Waals surface area (Å²) in [5.74, 6) is -0.228. The van der Waals surface area contributed by atoms with Gasteiger partial charge in [0.05, 0.1) is 39.9 Å². The summed E-state index contributed by atoms with van der Waals surface area (Å²) in [6.45, 7) is 4.50. The van der Waals surface area contributed by atoms with Gasteiger partial charge in [0.15, 0.2) is 0 Å². The van der Waals surface area contributed by atoms with Gasteiger partial charge in [-0.25, -0.2) is 0 Å². The Morgan fingerprint density at radius 3 is 1.89 bits per heavy atom. The number of phosphoric ester groups is 1. The summed E-state index contributed by atoms with van der Waals surface area (Å²) in [4.78, 5) is 25.1. The number of rotatable bonds is 32.